The van der Waals surface area contributed by atoms with Crippen molar-refractivity contribution >= 4 is 23.2 Å². The maximum absolute atomic E-state index is 12.6. The predicted molar refractivity (Wildman–Crippen MR) is 124 cm³/mol. The first-order valence-electron chi connectivity index (χ1n) is 10.8. The van der Waals surface area contributed by atoms with Crippen molar-refractivity contribution in [1.82, 2.24) is 5.32 Å². The number of anilines is 1. The van der Waals surface area contributed by atoms with Crippen LogP contribution in [0.2, 0.25) is 0 Å². The van der Waals surface area contributed by atoms with E-state index >= 15 is 0 Å². The molecule has 1 fully saturated rings. The van der Waals surface area contributed by atoms with E-state index in [1.165, 1.54) is 7.11 Å². The van der Waals surface area contributed by atoms with Crippen LogP contribution in [0.5, 0.6) is 0 Å². The summed E-state index contributed by atoms with van der Waals surface area (Å²) in [6.45, 7) is 3.19. The summed E-state index contributed by atoms with van der Waals surface area (Å²) >= 11 is 0. The van der Waals surface area contributed by atoms with Crippen LogP contribution < -0.4 is 21.8 Å². The number of ketones is 2. The van der Waals surface area contributed by atoms with Gasteiger partial charge >= 0.3 is 5.97 Å². The minimum absolute atomic E-state index is 0.0178. The standard InChI is InChI=1S/C23H23N3O5.CH6NO/c24-19-20(22(28)18-4-2-1-3-17(18)21(19)27)25-9-12-31-23(29)15-5-7-16(8-6-15)26-10-13-30-14-11-26;1-3-2/h1-8,25H,9-14,24H2;1-2H3/q;+1. The largest absolute Gasteiger partial charge is 0.460 e. The number of nitrogens with two attached hydrogens (primary N) is 1. The van der Waals surface area contributed by atoms with Crippen molar-refractivity contribution in [2.45, 2.75) is 0 Å². The fourth-order valence-corrected chi connectivity index (χ4v) is 3.60. The number of carbonyl (C=O) groups is 3. The average molecular weight is 470 g/mol. The molecule has 2 aromatic rings. The smallest absolute Gasteiger partial charge is 0.338 e. The van der Waals surface area contributed by atoms with Gasteiger partial charge in [0.05, 0.1) is 25.9 Å². The van der Waals surface area contributed by atoms with Crippen LogP contribution in [-0.2, 0) is 14.3 Å². The first kappa shape index (κ1) is 24.9. The number of hydrogen-bond acceptors (Lipinski definition) is 9. The number of nitrogens with zero attached hydrogens (tertiary/aromatic N) is 1. The Balaban J connectivity index is 0.00000103. The Morgan fingerprint density at radius 2 is 1.65 bits per heavy atom. The molecular formula is C24H29N4O6+. The molecule has 0 bridgehead atoms. The fourth-order valence-electron chi connectivity index (χ4n) is 3.60. The van der Waals surface area contributed by atoms with Crippen molar-refractivity contribution in [2.24, 2.45) is 5.73 Å². The number of ether oxygens (including phenoxy) is 2. The topological polar surface area (TPSA) is 148 Å². The first-order chi connectivity index (χ1) is 16.5. The number of allylic oxidation sites excluding steroid dienone is 2. The molecule has 180 valence electrons. The summed E-state index contributed by atoms with van der Waals surface area (Å²) in [6.07, 6.45) is 0. The van der Waals surface area contributed by atoms with E-state index in [9.17, 15) is 14.4 Å². The maximum Gasteiger partial charge on any atom is 0.338 e. The fraction of sp³-hybridized carbons (Fsp3) is 0.292. The van der Waals surface area contributed by atoms with E-state index in [4.69, 9.17) is 15.2 Å². The molecular weight excluding hydrogens is 440 g/mol. The lowest BCUT2D eigenvalue weighted by Gasteiger charge is -2.28. The molecule has 34 heavy (non-hydrogen) atoms. The number of Topliss-reactive ketones (excluding diaryl/α,β-unsaturated/α-hetero) is 2. The molecule has 0 radical (unpaired) electrons. The summed E-state index contributed by atoms with van der Waals surface area (Å²) in [4.78, 5) is 43.5. The molecule has 1 aliphatic heterocycles. The highest BCUT2D eigenvalue weighted by molar-refractivity contribution is 6.26. The van der Waals surface area contributed by atoms with Gasteiger partial charge in [0, 0.05) is 36.4 Å². The van der Waals surface area contributed by atoms with Gasteiger partial charge in [-0.1, -0.05) is 24.3 Å². The van der Waals surface area contributed by atoms with Crippen LogP contribution in [0, 0.1) is 0 Å². The number of esters is 1. The number of hydrogen-bond donors (Lipinski definition) is 3. The highest BCUT2D eigenvalue weighted by Crippen LogP contribution is 2.22. The average Bonchev–Trinajstić information content (AvgIpc) is 2.88. The number of quaternary nitrogens is 1. The van der Waals surface area contributed by atoms with Crippen LogP contribution in [0.25, 0.3) is 0 Å². The Bertz CT molecular complexity index is 1060. The van der Waals surface area contributed by atoms with Gasteiger partial charge in [-0.2, -0.15) is 0 Å². The summed E-state index contributed by atoms with van der Waals surface area (Å²) in [7, 11) is 1.51. The third kappa shape index (κ3) is 5.79. The second kappa shape index (κ2) is 11.9. The summed E-state index contributed by atoms with van der Waals surface area (Å²) in [5.74, 6) is 1.78. The maximum atomic E-state index is 12.6. The number of rotatable bonds is 6. The summed E-state index contributed by atoms with van der Waals surface area (Å²) in [5.41, 5.74) is 7.84. The molecule has 0 saturated carbocycles. The zero-order valence-corrected chi connectivity index (χ0v) is 19.0. The molecule has 1 heterocycles. The number of carbonyl (C=O) groups excluding carboxylic acids is 3. The minimum atomic E-state index is -0.464. The van der Waals surface area contributed by atoms with Crippen LogP contribution in [0.4, 0.5) is 5.69 Å². The molecule has 0 spiro atoms. The summed E-state index contributed by atoms with van der Waals surface area (Å²) in [5, 5.41) is 2.84. The monoisotopic (exact) mass is 469 g/mol. The zero-order chi connectivity index (χ0) is 24.5. The number of benzene rings is 2. The van der Waals surface area contributed by atoms with Crippen molar-refractivity contribution in [3.8, 4) is 0 Å². The van der Waals surface area contributed by atoms with Gasteiger partial charge in [-0.15, -0.1) is 0 Å². The van der Waals surface area contributed by atoms with Crippen LogP contribution >= 0.6 is 0 Å². The molecule has 1 saturated heterocycles. The van der Waals surface area contributed by atoms with Crippen LogP contribution in [0.3, 0.4) is 0 Å². The molecule has 0 unspecified atom stereocenters. The third-order valence-electron chi connectivity index (χ3n) is 5.27. The lowest BCUT2D eigenvalue weighted by Crippen LogP contribution is -2.46. The Hall–Kier alpha value is -3.73. The predicted octanol–water partition coefficient (Wildman–Crippen LogP) is 0.309. The Morgan fingerprint density at radius 1 is 1.06 bits per heavy atom. The summed E-state index contributed by atoms with van der Waals surface area (Å²) in [6, 6.07) is 13.8. The van der Waals surface area contributed by atoms with Crippen molar-refractivity contribution in [1.29, 1.82) is 0 Å². The number of nitrogens with one attached hydrogen (secondary N) is 1. The van der Waals surface area contributed by atoms with E-state index in [1.807, 2.05) is 12.1 Å². The van der Waals surface area contributed by atoms with E-state index < -0.39 is 11.8 Å². The summed E-state index contributed by atoms with van der Waals surface area (Å²) < 4.78 is 10.6. The van der Waals surface area contributed by atoms with Crippen molar-refractivity contribution in [3.05, 3.63) is 76.6 Å². The second-order valence-corrected chi connectivity index (χ2v) is 7.49. The lowest BCUT2D eigenvalue weighted by atomic mass is 9.90. The SMILES string of the molecule is CO[NH3+].NC1=C(NCCOC(=O)c2ccc(N3CCOCC3)cc2)C(=O)c2ccccc2C1=O. The quantitative estimate of drug-likeness (QED) is 0.309. The molecule has 10 heteroatoms. The van der Waals surface area contributed by atoms with Gasteiger partial charge in [0.1, 0.15) is 18.0 Å². The minimum Gasteiger partial charge on any atom is -0.460 e. The van der Waals surface area contributed by atoms with Crippen LogP contribution in [-0.4, -0.2) is 64.1 Å². The molecule has 0 atom stereocenters. The van der Waals surface area contributed by atoms with Gasteiger partial charge in [0.2, 0.25) is 11.6 Å². The van der Waals surface area contributed by atoms with E-state index in [2.05, 4.69) is 21.0 Å². The Labute approximate surface area is 197 Å². The molecule has 4 rings (SSSR count). The third-order valence-corrected chi connectivity index (χ3v) is 5.27. The number of fused-ring (bicyclic) bond motifs is 1. The van der Waals surface area contributed by atoms with Crippen LogP contribution in [0.1, 0.15) is 31.1 Å². The van der Waals surface area contributed by atoms with E-state index in [-0.39, 0.29) is 30.3 Å². The van der Waals surface area contributed by atoms with Gasteiger partial charge in [0.25, 0.3) is 0 Å². The second-order valence-electron chi connectivity index (χ2n) is 7.49. The van der Waals surface area contributed by atoms with Gasteiger partial charge in [-0.05, 0) is 24.3 Å². The number of morpholine rings is 1. The van der Waals surface area contributed by atoms with E-state index in [0.29, 0.717) is 29.9 Å². The van der Waals surface area contributed by atoms with Crippen LogP contribution in [0.15, 0.2) is 59.9 Å². The van der Waals surface area contributed by atoms with E-state index in [1.54, 1.807) is 36.4 Å². The van der Waals surface area contributed by atoms with E-state index in [0.717, 1.165) is 18.8 Å². The zero-order valence-electron chi connectivity index (χ0n) is 19.0. The molecule has 2 aliphatic rings. The lowest BCUT2D eigenvalue weighted by molar-refractivity contribution is -0.679. The van der Waals surface area contributed by atoms with Gasteiger partial charge < -0.3 is 25.4 Å². The molecule has 6 N–H and O–H groups in total. The molecule has 1 aliphatic carbocycles. The Kier molecular flexibility index (Phi) is 8.74. The highest BCUT2D eigenvalue weighted by Gasteiger charge is 2.30. The normalized spacial score (nSPS) is 15.3. The van der Waals surface area contributed by atoms with Crippen molar-refractivity contribution < 1.29 is 34.6 Å². The van der Waals surface area contributed by atoms with Crippen molar-refractivity contribution in [2.75, 3.05) is 51.5 Å². The molecule has 10 nitrogen and oxygen atoms in total. The van der Waals surface area contributed by atoms with Gasteiger partial charge in [0.15, 0.2) is 0 Å². The Morgan fingerprint density at radius 3 is 2.26 bits per heavy atom. The molecule has 2 aromatic carbocycles. The van der Waals surface area contributed by atoms with Crippen molar-refractivity contribution in [3.63, 3.8) is 0 Å². The molecule has 0 aromatic heterocycles. The molecule has 0 amide bonds. The highest BCUT2D eigenvalue weighted by atomic mass is 16.6. The first-order valence-corrected chi connectivity index (χ1v) is 10.8. The van der Waals surface area contributed by atoms with Gasteiger partial charge in [-0.3, -0.25) is 9.59 Å². The van der Waals surface area contributed by atoms with Gasteiger partial charge in [-0.25, -0.2) is 15.5 Å².